The third-order valence-electron chi connectivity index (χ3n) is 3.03. The van der Waals surface area contributed by atoms with Crippen LogP contribution in [-0.4, -0.2) is 23.7 Å². The molecule has 2 atom stereocenters. The van der Waals surface area contributed by atoms with Gasteiger partial charge in [-0.3, -0.25) is 4.79 Å². The maximum Gasteiger partial charge on any atom is 0.320 e. The van der Waals surface area contributed by atoms with Crippen molar-refractivity contribution >= 4 is 29.2 Å². The highest BCUT2D eigenvalue weighted by Gasteiger charge is 2.28. The van der Waals surface area contributed by atoms with Crippen LogP contribution >= 0.6 is 23.2 Å². The molecule has 0 aliphatic carbocycles. The van der Waals surface area contributed by atoms with Crippen molar-refractivity contribution in [3.05, 3.63) is 33.8 Å². The number of carboxylic acids is 1. The lowest BCUT2D eigenvalue weighted by Gasteiger charge is -2.09. The third kappa shape index (κ3) is 3.12. The fraction of sp³-hybridized carbons (Fsp3) is 0.417. The van der Waals surface area contributed by atoms with Crippen molar-refractivity contribution in [1.29, 1.82) is 0 Å². The Balaban J connectivity index is 1.98. The Hall–Kier alpha value is -0.770. The summed E-state index contributed by atoms with van der Waals surface area (Å²) >= 11 is 11.8. The molecule has 0 aromatic heterocycles. The summed E-state index contributed by atoms with van der Waals surface area (Å²) in [6.45, 7) is 0.733. The number of aliphatic carboxylic acids is 1. The summed E-state index contributed by atoms with van der Waals surface area (Å²) in [4.78, 5) is 10.8. The largest absolute Gasteiger partial charge is 0.480 e. The van der Waals surface area contributed by atoms with E-state index >= 15 is 0 Å². The van der Waals surface area contributed by atoms with Crippen molar-refractivity contribution in [1.82, 2.24) is 5.32 Å². The molecule has 1 aromatic rings. The Morgan fingerprint density at radius 2 is 2.18 bits per heavy atom. The first-order valence-corrected chi connectivity index (χ1v) is 6.22. The van der Waals surface area contributed by atoms with Gasteiger partial charge in [0.2, 0.25) is 0 Å². The van der Waals surface area contributed by atoms with Crippen LogP contribution in [0.4, 0.5) is 0 Å². The highest BCUT2D eigenvalue weighted by molar-refractivity contribution is 6.42. The summed E-state index contributed by atoms with van der Waals surface area (Å²) in [6, 6.07) is 5.14. The number of nitrogens with one attached hydrogen (secondary N) is 1. The average Bonchev–Trinajstić information content (AvgIpc) is 2.72. The molecule has 1 heterocycles. The van der Waals surface area contributed by atoms with Gasteiger partial charge < -0.3 is 10.4 Å². The molecule has 2 N–H and O–H groups in total. The van der Waals surface area contributed by atoms with Gasteiger partial charge >= 0.3 is 5.97 Å². The summed E-state index contributed by atoms with van der Waals surface area (Å²) in [5.74, 6) is -0.435. The van der Waals surface area contributed by atoms with Gasteiger partial charge in [-0.2, -0.15) is 0 Å². The van der Waals surface area contributed by atoms with Gasteiger partial charge in [0, 0.05) is 0 Å². The Morgan fingerprint density at radius 1 is 1.41 bits per heavy atom. The maximum absolute atomic E-state index is 10.8. The van der Waals surface area contributed by atoms with Gasteiger partial charge in [-0.1, -0.05) is 29.3 Å². The Kier molecular flexibility index (Phi) is 3.92. The molecule has 17 heavy (non-hydrogen) atoms. The first-order chi connectivity index (χ1) is 8.06. The fourth-order valence-corrected chi connectivity index (χ4v) is 2.47. The molecule has 3 nitrogen and oxygen atoms in total. The molecule has 0 radical (unpaired) electrons. The van der Waals surface area contributed by atoms with Crippen molar-refractivity contribution < 1.29 is 9.90 Å². The molecular weight excluding hydrogens is 261 g/mol. The molecule has 2 rings (SSSR count). The molecule has 0 saturated carbocycles. The maximum atomic E-state index is 10.8. The number of rotatable bonds is 3. The van der Waals surface area contributed by atoms with Crippen molar-refractivity contribution in [3.63, 3.8) is 0 Å². The number of hydrogen-bond donors (Lipinski definition) is 2. The first-order valence-electron chi connectivity index (χ1n) is 5.46. The third-order valence-corrected chi connectivity index (χ3v) is 3.77. The summed E-state index contributed by atoms with van der Waals surface area (Å²) in [7, 11) is 0. The fourth-order valence-electron chi connectivity index (χ4n) is 2.15. The summed E-state index contributed by atoms with van der Waals surface area (Å²) in [6.07, 6.45) is 1.49. The van der Waals surface area contributed by atoms with Crippen LogP contribution in [0.2, 0.25) is 10.0 Å². The van der Waals surface area contributed by atoms with Gasteiger partial charge in [0.25, 0.3) is 0 Å². The molecule has 2 unspecified atom stereocenters. The van der Waals surface area contributed by atoms with Gasteiger partial charge in [-0.15, -0.1) is 0 Å². The van der Waals surface area contributed by atoms with E-state index in [1.807, 2.05) is 12.1 Å². The van der Waals surface area contributed by atoms with Crippen LogP contribution in [0.3, 0.4) is 0 Å². The van der Waals surface area contributed by atoms with E-state index in [-0.39, 0.29) is 0 Å². The minimum Gasteiger partial charge on any atom is -0.480 e. The van der Waals surface area contributed by atoms with Crippen molar-refractivity contribution in [2.45, 2.75) is 18.9 Å². The molecule has 0 bridgehead atoms. The van der Waals surface area contributed by atoms with Crippen LogP contribution in [0.1, 0.15) is 12.0 Å². The van der Waals surface area contributed by atoms with Crippen LogP contribution in [-0.2, 0) is 11.2 Å². The predicted molar refractivity (Wildman–Crippen MR) is 67.7 cm³/mol. The minimum atomic E-state index is -0.776. The minimum absolute atomic E-state index is 0.341. The second-order valence-electron chi connectivity index (χ2n) is 4.35. The molecule has 5 heteroatoms. The van der Waals surface area contributed by atoms with Crippen LogP contribution in [0, 0.1) is 5.92 Å². The number of hydrogen-bond acceptors (Lipinski definition) is 2. The Morgan fingerprint density at radius 3 is 2.76 bits per heavy atom. The normalized spacial score (nSPS) is 23.9. The molecule has 0 spiro atoms. The van der Waals surface area contributed by atoms with E-state index in [1.165, 1.54) is 0 Å². The average molecular weight is 274 g/mol. The van der Waals surface area contributed by atoms with Crippen LogP contribution in [0.5, 0.6) is 0 Å². The van der Waals surface area contributed by atoms with Crippen molar-refractivity contribution in [2.24, 2.45) is 5.92 Å². The van der Waals surface area contributed by atoms with E-state index in [9.17, 15) is 4.79 Å². The molecular formula is C12H13Cl2NO2. The van der Waals surface area contributed by atoms with Gasteiger partial charge in [0.1, 0.15) is 6.04 Å². The van der Waals surface area contributed by atoms with E-state index in [0.717, 1.165) is 18.5 Å². The lowest BCUT2D eigenvalue weighted by atomic mass is 9.97. The van der Waals surface area contributed by atoms with Crippen molar-refractivity contribution in [3.8, 4) is 0 Å². The molecule has 1 aliphatic heterocycles. The summed E-state index contributed by atoms with van der Waals surface area (Å²) in [5, 5.41) is 13.0. The molecule has 1 aliphatic rings. The topological polar surface area (TPSA) is 49.3 Å². The van der Waals surface area contributed by atoms with Crippen LogP contribution < -0.4 is 5.32 Å². The van der Waals surface area contributed by atoms with E-state index in [2.05, 4.69) is 5.32 Å². The SMILES string of the molecule is O=C(O)C1CC(Cc2ccc(Cl)c(Cl)c2)CN1. The molecule has 0 amide bonds. The monoisotopic (exact) mass is 273 g/mol. The lowest BCUT2D eigenvalue weighted by Crippen LogP contribution is -2.29. The van der Waals surface area contributed by atoms with E-state index < -0.39 is 12.0 Å². The molecule has 1 saturated heterocycles. The molecule has 1 fully saturated rings. The second kappa shape index (κ2) is 5.25. The number of halogens is 2. The van der Waals surface area contributed by atoms with E-state index in [0.29, 0.717) is 22.4 Å². The van der Waals surface area contributed by atoms with Crippen LogP contribution in [0.15, 0.2) is 18.2 Å². The smallest absolute Gasteiger partial charge is 0.320 e. The zero-order chi connectivity index (χ0) is 12.4. The zero-order valence-electron chi connectivity index (χ0n) is 9.12. The summed E-state index contributed by atoms with van der Waals surface area (Å²) < 4.78 is 0. The molecule has 92 valence electrons. The van der Waals surface area contributed by atoms with Gasteiger partial charge in [0.05, 0.1) is 10.0 Å². The highest BCUT2D eigenvalue weighted by atomic mass is 35.5. The Bertz CT molecular complexity index is 437. The predicted octanol–water partition coefficient (Wildman–Crippen LogP) is 2.60. The second-order valence-corrected chi connectivity index (χ2v) is 5.17. The first kappa shape index (κ1) is 12.7. The molecule has 1 aromatic carbocycles. The van der Waals surface area contributed by atoms with Gasteiger partial charge in [0.15, 0.2) is 0 Å². The zero-order valence-corrected chi connectivity index (χ0v) is 10.6. The summed E-state index contributed by atoms with van der Waals surface area (Å²) in [5.41, 5.74) is 1.09. The van der Waals surface area contributed by atoms with Gasteiger partial charge in [-0.05, 0) is 43.0 Å². The van der Waals surface area contributed by atoms with E-state index in [4.69, 9.17) is 28.3 Å². The lowest BCUT2D eigenvalue weighted by molar-refractivity contribution is -0.139. The number of carbonyl (C=O) groups is 1. The van der Waals surface area contributed by atoms with Crippen LogP contribution in [0.25, 0.3) is 0 Å². The van der Waals surface area contributed by atoms with Crippen molar-refractivity contribution in [2.75, 3.05) is 6.54 Å². The standard InChI is InChI=1S/C12H13Cl2NO2/c13-9-2-1-7(4-10(9)14)3-8-5-11(12(16)17)15-6-8/h1-2,4,8,11,15H,3,5-6H2,(H,16,17). The highest BCUT2D eigenvalue weighted by Crippen LogP contribution is 2.25. The Labute approximate surface area is 110 Å². The van der Waals surface area contributed by atoms with Gasteiger partial charge in [-0.25, -0.2) is 0 Å². The van der Waals surface area contributed by atoms with E-state index in [1.54, 1.807) is 6.07 Å². The number of benzene rings is 1. The number of carboxylic acid groups (broad SMARTS) is 1. The quantitative estimate of drug-likeness (QED) is 0.890.